The highest BCUT2D eigenvalue weighted by Gasteiger charge is 2.25. The lowest BCUT2D eigenvalue weighted by Crippen LogP contribution is -2.42. The second kappa shape index (κ2) is 7.91. The maximum absolute atomic E-state index is 13.9. The van der Waals surface area contributed by atoms with Crippen molar-refractivity contribution in [3.8, 4) is 0 Å². The van der Waals surface area contributed by atoms with Gasteiger partial charge in [0.25, 0.3) is 0 Å². The normalized spacial score (nSPS) is 21.3. The van der Waals surface area contributed by atoms with Crippen molar-refractivity contribution in [2.24, 2.45) is 0 Å². The first kappa shape index (κ1) is 15.7. The number of likely N-dealkylation sites (N-methyl/N-ethyl adjacent to an activating group) is 1. The quantitative estimate of drug-likeness (QED) is 0.850. The van der Waals surface area contributed by atoms with Crippen LogP contribution in [0.2, 0.25) is 0 Å². The molecule has 5 heteroatoms. The molecule has 0 aromatic heterocycles. The fourth-order valence-electron chi connectivity index (χ4n) is 2.27. The summed E-state index contributed by atoms with van der Waals surface area (Å²) >= 11 is 7.46. The molecule has 0 amide bonds. The van der Waals surface area contributed by atoms with E-state index in [0.717, 1.165) is 28.8 Å². The van der Waals surface area contributed by atoms with Gasteiger partial charge in [-0.3, -0.25) is 0 Å². The zero-order chi connectivity index (χ0) is 13.7. The van der Waals surface area contributed by atoms with Gasteiger partial charge in [-0.05, 0) is 36.7 Å². The minimum atomic E-state index is -0.0976. The van der Waals surface area contributed by atoms with Crippen LogP contribution in [0.1, 0.15) is 12.5 Å². The number of rotatable bonds is 5. The zero-order valence-corrected chi connectivity index (χ0v) is 14.2. The number of thioether (sulfide) groups is 2. The molecule has 1 nitrogen and oxygen atoms in total. The van der Waals surface area contributed by atoms with Crippen molar-refractivity contribution in [1.29, 1.82) is 0 Å². The van der Waals surface area contributed by atoms with E-state index in [9.17, 15) is 4.39 Å². The van der Waals surface area contributed by atoms with Crippen molar-refractivity contribution in [1.82, 2.24) is 5.32 Å². The molecule has 2 atom stereocenters. The average molecular weight is 364 g/mol. The number of halogens is 2. The van der Waals surface area contributed by atoms with Crippen molar-refractivity contribution >= 4 is 39.5 Å². The molecular formula is C14H19BrFNS2. The van der Waals surface area contributed by atoms with Crippen LogP contribution in [0.25, 0.3) is 0 Å². The van der Waals surface area contributed by atoms with Crippen LogP contribution in [0.15, 0.2) is 22.7 Å². The molecule has 106 valence electrons. The Labute approximate surface area is 131 Å². The summed E-state index contributed by atoms with van der Waals surface area (Å²) in [5.74, 6) is 3.51. The topological polar surface area (TPSA) is 12.0 Å². The fourth-order valence-corrected chi connectivity index (χ4v) is 5.57. The Bertz CT molecular complexity index is 410. The third kappa shape index (κ3) is 4.66. The van der Waals surface area contributed by atoms with Gasteiger partial charge in [0, 0.05) is 33.0 Å². The SMILES string of the molecule is CCNC(Cc1cc(Br)ccc1F)C1CSCCS1. The molecular weight excluding hydrogens is 345 g/mol. The van der Waals surface area contributed by atoms with E-state index in [1.165, 1.54) is 11.5 Å². The van der Waals surface area contributed by atoms with Gasteiger partial charge in [-0.15, -0.1) is 0 Å². The van der Waals surface area contributed by atoms with Crippen molar-refractivity contribution in [3.63, 3.8) is 0 Å². The molecule has 1 aromatic carbocycles. The molecule has 1 fully saturated rings. The summed E-state index contributed by atoms with van der Waals surface area (Å²) < 4.78 is 14.8. The molecule has 1 aliphatic rings. The Balaban J connectivity index is 2.08. The highest BCUT2D eigenvalue weighted by Crippen LogP contribution is 2.28. The van der Waals surface area contributed by atoms with E-state index in [2.05, 4.69) is 28.2 Å². The first-order valence-electron chi connectivity index (χ1n) is 6.57. The van der Waals surface area contributed by atoms with Crippen LogP contribution in [0, 0.1) is 5.82 Å². The van der Waals surface area contributed by atoms with Gasteiger partial charge in [-0.1, -0.05) is 22.9 Å². The summed E-state index contributed by atoms with van der Waals surface area (Å²) in [7, 11) is 0. The van der Waals surface area contributed by atoms with Gasteiger partial charge >= 0.3 is 0 Å². The Hall–Kier alpha value is 0.290. The lowest BCUT2D eigenvalue weighted by Gasteiger charge is -2.30. The van der Waals surface area contributed by atoms with E-state index in [-0.39, 0.29) is 5.82 Å². The number of benzene rings is 1. The van der Waals surface area contributed by atoms with Crippen LogP contribution in [0.3, 0.4) is 0 Å². The molecule has 2 unspecified atom stereocenters. The fraction of sp³-hybridized carbons (Fsp3) is 0.571. The predicted octanol–water partition coefficient (Wildman–Crippen LogP) is 3.96. The molecule has 0 saturated carbocycles. The van der Waals surface area contributed by atoms with E-state index in [1.54, 1.807) is 12.1 Å². The molecule has 1 saturated heterocycles. The van der Waals surface area contributed by atoms with Gasteiger partial charge in [0.05, 0.1) is 0 Å². The minimum Gasteiger partial charge on any atom is -0.313 e. The number of nitrogens with one attached hydrogen (secondary N) is 1. The zero-order valence-electron chi connectivity index (χ0n) is 11.0. The lowest BCUT2D eigenvalue weighted by atomic mass is 10.0. The molecule has 0 spiro atoms. The third-order valence-corrected chi connectivity index (χ3v) is 6.62. The van der Waals surface area contributed by atoms with Gasteiger partial charge in [0.1, 0.15) is 5.82 Å². The van der Waals surface area contributed by atoms with Crippen LogP contribution >= 0.6 is 39.5 Å². The molecule has 1 heterocycles. The van der Waals surface area contributed by atoms with Crippen LogP contribution in [0.5, 0.6) is 0 Å². The van der Waals surface area contributed by atoms with Crippen LogP contribution in [-0.2, 0) is 6.42 Å². The van der Waals surface area contributed by atoms with Gasteiger partial charge in [-0.2, -0.15) is 23.5 Å². The highest BCUT2D eigenvalue weighted by molar-refractivity contribution is 9.10. The summed E-state index contributed by atoms with van der Waals surface area (Å²) in [5.41, 5.74) is 0.802. The number of hydrogen-bond donors (Lipinski definition) is 1. The molecule has 0 aliphatic carbocycles. The van der Waals surface area contributed by atoms with Crippen molar-refractivity contribution in [2.75, 3.05) is 23.8 Å². The van der Waals surface area contributed by atoms with Crippen LogP contribution in [-0.4, -0.2) is 35.1 Å². The second-order valence-electron chi connectivity index (χ2n) is 4.59. The van der Waals surface area contributed by atoms with Crippen LogP contribution < -0.4 is 5.32 Å². The molecule has 0 bridgehead atoms. The summed E-state index contributed by atoms with van der Waals surface area (Å²) in [6.45, 7) is 3.05. The smallest absolute Gasteiger partial charge is 0.126 e. The molecule has 0 radical (unpaired) electrons. The summed E-state index contributed by atoms with van der Waals surface area (Å²) in [6.07, 6.45) is 0.761. The Morgan fingerprint density at radius 3 is 3.00 bits per heavy atom. The van der Waals surface area contributed by atoms with Crippen molar-refractivity contribution in [2.45, 2.75) is 24.6 Å². The number of hydrogen-bond acceptors (Lipinski definition) is 3. The first-order chi connectivity index (χ1) is 9.20. The average Bonchev–Trinajstić information content (AvgIpc) is 2.43. The van der Waals surface area contributed by atoms with E-state index in [1.807, 2.05) is 29.6 Å². The van der Waals surface area contributed by atoms with Crippen LogP contribution in [0.4, 0.5) is 4.39 Å². The summed E-state index contributed by atoms with van der Waals surface area (Å²) in [5, 5.41) is 4.11. The van der Waals surface area contributed by atoms with E-state index in [4.69, 9.17) is 0 Å². The van der Waals surface area contributed by atoms with Crippen molar-refractivity contribution < 1.29 is 4.39 Å². The Morgan fingerprint density at radius 1 is 1.47 bits per heavy atom. The highest BCUT2D eigenvalue weighted by atomic mass is 79.9. The molecule has 1 aliphatic heterocycles. The van der Waals surface area contributed by atoms with Gasteiger partial charge in [0.15, 0.2) is 0 Å². The first-order valence-corrected chi connectivity index (χ1v) is 9.57. The maximum atomic E-state index is 13.9. The molecule has 2 rings (SSSR count). The van der Waals surface area contributed by atoms with Crippen molar-refractivity contribution in [3.05, 3.63) is 34.1 Å². The van der Waals surface area contributed by atoms with E-state index >= 15 is 0 Å². The molecule has 1 aromatic rings. The van der Waals surface area contributed by atoms with Gasteiger partial charge in [-0.25, -0.2) is 4.39 Å². The van der Waals surface area contributed by atoms with Gasteiger partial charge in [0.2, 0.25) is 0 Å². The van der Waals surface area contributed by atoms with E-state index < -0.39 is 0 Å². The third-order valence-electron chi connectivity index (χ3n) is 3.20. The summed E-state index contributed by atoms with van der Waals surface area (Å²) in [4.78, 5) is 0. The maximum Gasteiger partial charge on any atom is 0.126 e. The summed E-state index contributed by atoms with van der Waals surface area (Å²) in [6, 6.07) is 5.56. The Kier molecular flexibility index (Phi) is 6.53. The largest absolute Gasteiger partial charge is 0.313 e. The van der Waals surface area contributed by atoms with E-state index in [0.29, 0.717) is 11.3 Å². The lowest BCUT2D eigenvalue weighted by molar-refractivity contribution is 0.506. The predicted molar refractivity (Wildman–Crippen MR) is 88.8 cm³/mol. The Morgan fingerprint density at radius 2 is 2.32 bits per heavy atom. The minimum absolute atomic E-state index is 0.0976. The molecule has 19 heavy (non-hydrogen) atoms. The standard InChI is InChI=1S/C14H19BrFNS2/c1-2-17-13(14-9-18-5-6-19-14)8-10-7-11(15)3-4-12(10)16/h3-4,7,13-14,17H,2,5-6,8-9H2,1H3. The molecule has 1 N–H and O–H groups in total. The second-order valence-corrected chi connectivity index (χ2v) is 8.00. The van der Waals surface area contributed by atoms with Gasteiger partial charge < -0.3 is 5.32 Å². The monoisotopic (exact) mass is 363 g/mol.